The minimum Gasteiger partial charge on any atom is -0.477 e. The summed E-state index contributed by atoms with van der Waals surface area (Å²) >= 11 is 3.32. The lowest BCUT2D eigenvalue weighted by Crippen LogP contribution is -2.35. The molecule has 31 heavy (non-hydrogen) atoms. The summed E-state index contributed by atoms with van der Waals surface area (Å²) in [6.07, 6.45) is 9.16. The van der Waals surface area contributed by atoms with Gasteiger partial charge in [-0.15, -0.1) is 11.3 Å². The first kappa shape index (κ1) is 20.2. The Morgan fingerprint density at radius 3 is 2.84 bits per heavy atom. The van der Waals surface area contributed by atoms with Crippen LogP contribution in [-0.4, -0.2) is 37.7 Å². The maximum absolute atomic E-state index is 12.8. The van der Waals surface area contributed by atoms with Gasteiger partial charge in [-0.3, -0.25) is 14.8 Å². The summed E-state index contributed by atoms with van der Waals surface area (Å²) in [6.45, 7) is 2.42. The van der Waals surface area contributed by atoms with Crippen molar-refractivity contribution in [2.24, 2.45) is 0 Å². The van der Waals surface area contributed by atoms with Crippen LogP contribution in [-0.2, 0) is 5.54 Å². The molecule has 2 saturated carbocycles. The minimum atomic E-state index is -0.380. The van der Waals surface area contributed by atoms with Crippen molar-refractivity contribution in [1.29, 1.82) is 0 Å². The van der Waals surface area contributed by atoms with Crippen molar-refractivity contribution in [1.82, 2.24) is 25.3 Å². The van der Waals surface area contributed by atoms with Crippen molar-refractivity contribution in [2.75, 3.05) is 11.3 Å². The molecular weight excluding hydrogens is 432 g/mol. The summed E-state index contributed by atoms with van der Waals surface area (Å²) in [5.74, 6) is 0.262. The Morgan fingerprint density at radius 1 is 1.26 bits per heavy atom. The normalized spacial score (nSPS) is 16.5. The van der Waals surface area contributed by atoms with Crippen LogP contribution < -0.4 is 14.8 Å². The zero-order valence-corrected chi connectivity index (χ0v) is 18.6. The number of pyridine rings is 1. The number of aromatic nitrogens is 4. The van der Waals surface area contributed by atoms with Gasteiger partial charge in [0.05, 0.1) is 35.9 Å². The molecule has 2 aliphatic rings. The Morgan fingerprint density at radius 2 is 2.13 bits per heavy atom. The summed E-state index contributed by atoms with van der Waals surface area (Å²) in [5, 5.41) is 6.77. The van der Waals surface area contributed by atoms with Crippen LogP contribution >= 0.6 is 23.3 Å². The van der Waals surface area contributed by atoms with Crippen molar-refractivity contribution in [3.8, 4) is 17.1 Å². The molecule has 0 saturated heterocycles. The molecule has 8 nitrogen and oxygen atoms in total. The number of nitrogens with one attached hydrogen (secondary N) is 2. The number of ether oxygens (including phenoxy) is 1. The third kappa shape index (κ3) is 4.64. The largest absolute Gasteiger partial charge is 0.477 e. The molecule has 3 aromatic rings. The molecule has 2 N–H and O–H groups in total. The fourth-order valence-electron chi connectivity index (χ4n) is 3.10. The van der Waals surface area contributed by atoms with Crippen LogP contribution in [0.2, 0.25) is 0 Å². The molecule has 160 valence electrons. The van der Waals surface area contributed by atoms with E-state index in [-0.39, 0.29) is 11.4 Å². The maximum atomic E-state index is 12.8. The molecular formula is C21H22N6O2S2. The second-order valence-electron chi connectivity index (χ2n) is 7.60. The molecule has 10 heteroatoms. The third-order valence-electron chi connectivity index (χ3n) is 5.13. The molecule has 0 bridgehead atoms. The van der Waals surface area contributed by atoms with Gasteiger partial charge in [-0.1, -0.05) is 0 Å². The highest BCUT2D eigenvalue weighted by atomic mass is 32.2. The Labute approximate surface area is 188 Å². The van der Waals surface area contributed by atoms with E-state index in [1.54, 1.807) is 47.9 Å². The molecule has 0 unspecified atom stereocenters. The smallest absolute Gasteiger partial charge is 0.270 e. The molecule has 3 aromatic heterocycles. The van der Waals surface area contributed by atoms with Gasteiger partial charge in [0.1, 0.15) is 5.69 Å². The summed E-state index contributed by atoms with van der Waals surface area (Å²) in [4.78, 5) is 30.4. The van der Waals surface area contributed by atoms with Crippen LogP contribution in [0, 0.1) is 0 Å². The van der Waals surface area contributed by atoms with Crippen molar-refractivity contribution < 1.29 is 9.53 Å². The maximum Gasteiger partial charge on any atom is 0.270 e. The van der Waals surface area contributed by atoms with Gasteiger partial charge in [-0.2, -0.15) is 0 Å². The van der Waals surface area contributed by atoms with E-state index in [4.69, 9.17) is 9.72 Å². The molecule has 2 aliphatic carbocycles. The number of rotatable bonds is 9. The first-order valence-electron chi connectivity index (χ1n) is 10.3. The highest BCUT2D eigenvalue weighted by Gasteiger charge is 2.48. The number of nitrogens with zero attached hydrogens (tertiary/aromatic N) is 4. The number of anilines is 1. The van der Waals surface area contributed by atoms with E-state index in [2.05, 4.69) is 25.0 Å². The second-order valence-corrected chi connectivity index (χ2v) is 9.57. The molecule has 0 aromatic carbocycles. The Kier molecular flexibility index (Phi) is 5.49. The van der Waals surface area contributed by atoms with Crippen molar-refractivity contribution in [3.05, 3.63) is 47.5 Å². The number of carbonyl (C=O) groups excluding carboxylic acids is 1. The standard InChI is InChI=1S/C21H22N6O2S2/c1-2-29-18-11-22-10-16(24-18)13-3-6-15(23-9-13)19(28)26-21(7-8-21)17-12-30-20(25-17)27-31-14-4-5-14/h3,6,9-12,14H,2,4-5,7-8H2,1H3,(H,25,27)(H,26,28). The van der Waals surface area contributed by atoms with Gasteiger partial charge in [0.15, 0.2) is 5.13 Å². The summed E-state index contributed by atoms with van der Waals surface area (Å²) < 4.78 is 8.72. The van der Waals surface area contributed by atoms with Gasteiger partial charge >= 0.3 is 0 Å². The molecule has 0 radical (unpaired) electrons. The van der Waals surface area contributed by atoms with Crippen LogP contribution in [0.15, 0.2) is 36.1 Å². The van der Waals surface area contributed by atoms with E-state index < -0.39 is 0 Å². The fourth-order valence-corrected chi connectivity index (χ4v) is 4.77. The highest BCUT2D eigenvalue weighted by molar-refractivity contribution is 8.01. The zero-order valence-electron chi connectivity index (χ0n) is 17.0. The van der Waals surface area contributed by atoms with Gasteiger partial charge in [-0.05, 0) is 56.7 Å². The van der Waals surface area contributed by atoms with E-state index >= 15 is 0 Å². The summed E-state index contributed by atoms with van der Waals surface area (Å²) in [6, 6.07) is 3.53. The van der Waals surface area contributed by atoms with Crippen molar-refractivity contribution in [2.45, 2.75) is 43.4 Å². The Bertz CT molecular complexity index is 1080. The first-order chi connectivity index (χ1) is 15.1. The first-order valence-corrected chi connectivity index (χ1v) is 12.0. The van der Waals surface area contributed by atoms with E-state index in [0.717, 1.165) is 29.2 Å². The molecule has 0 aliphatic heterocycles. The van der Waals surface area contributed by atoms with Gasteiger partial charge in [0.2, 0.25) is 5.88 Å². The molecule has 0 atom stereocenters. The average Bonchev–Trinajstić information content (AvgIpc) is 3.72. The summed E-state index contributed by atoms with van der Waals surface area (Å²) in [5.41, 5.74) is 2.33. The fraction of sp³-hybridized carbons (Fsp3) is 0.381. The lowest BCUT2D eigenvalue weighted by molar-refractivity contribution is 0.0925. The molecule has 1 amide bonds. The monoisotopic (exact) mass is 454 g/mol. The van der Waals surface area contributed by atoms with Crippen molar-refractivity contribution >= 4 is 34.3 Å². The minimum absolute atomic E-state index is 0.201. The number of thiazole rings is 1. The van der Waals surface area contributed by atoms with Crippen LogP contribution in [0.5, 0.6) is 5.88 Å². The third-order valence-corrected chi connectivity index (χ3v) is 7.13. The van der Waals surface area contributed by atoms with Crippen LogP contribution in [0.25, 0.3) is 11.3 Å². The van der Waals surface area contributed by atoms with E-state index in [1.807, 2.05) is 18.4 Å². The number of hydrogen-bond donors (Lipinski definition) is 2. The van der Waals surface area contributed by atoms with Gasteiger partial charge in [-0.25, -0.2) is 9.97 Å². The topological polar surface area (TPSA) is 102 Å². The van der Waals surface area contributed by atoms with Crippen LogP contribution in [0.3, 0.4) is 0 Å². The molecule has 3 heterocycles. The molecule has 5 rings (SSSR count). The average molecular weight is 455 g/mol. The lowest BCUT2D eigenvalue weighted by atomic mass is 10.1. The second kappa shape index (κ2) is 8.43. The Balaban J connectivity index is 1.24. The van der Waals surface area contributed by atoms with Crippen molar-refractivity contribution in [3.63, 3.8) is 0 Å². The zero-order chi connectivity index (χ0) is 21.3. The van der Waals surface area contributed by atoms with E-state index in [1.165, 1.54) is 12.8 Å². The number of carbonyl (C=O) groups is 1. The predicted molar refractivity (Wildman–Crippen MR) is 121 cm³/mol. The number of amides is 1. The van der Waals surface area contributed by atoms with Crippen LogP contribution in [0.1, 0.15) is 48.8 Å². The van der Waals surface area contributed by atoms with Gasteiger partial charge in [0, 0.05) is 22.4 Å². The Hall–Kier alpha value is -2.72. The number of hydrogen-bond acceptors (Lipinski definition) is 9. The highest BCUT2D eigenvalue weighted by Crippen LogP contribution is 2.46. The van der Waals surface area contributed by atoms with Gasteiger partial charge in [0.25, 0.3) is 5.91 Å². The predicted octanol–water partition coefficient (Wildman–Crippen LogP) is 4.04. The molecule has 2 fully saturated rings. The molecule has 0 spiro atoms. The quantitative estimate of drug-likeness (QED) is 0.467. The lowest BCUT2D eigenvalue weighted by Gasteiger charge is -2.15. The van der Waals surface area contributed by atoms with Gasteiger partial charge < -0.3 is 14.8 Å². The SMILES string of the molecule is CCOc1cncc(-c2ccc(C(=O)NC3(c4csc(NSC5CC5)n4)CC3)nc2)n1. The van der Waals surface area contributed by atoms with Crippen LogP contribution in [0.4, 0.5) is 5.13 Å². The summed E-state index contributed by atoms with van der Waals surface area (Å²) in [7, 11) is 0. The van der Waals surface area contributed by atoms with E-state index in [9.17, 15) is 4.79 Å². The van der Waals surface area contributed by atoms with E-state index in [0.29, 0.717) is 29.1 Å².